The van der Waals surface area contributed by atoms with Crippen molar-refractivity contribution in [3.8, 4) is 0 Å². The largest absolute Gasteiger partial charge is 0.462 e. The molecule has 0 aromatic carbocycles. The van der Waals surface area contributed by atoms with Crippen molar-refractivity contribution in [2.24, 2.45) is 0 Å². The van der Waals surface area contributed by atoms with Gasteiger partial charge in [0, 0.05) is 19.4 Å². The average molecular weight is 681 g/mol. The zero-order chi connectivity index (χ0) is 35.0. The Kier molecular flexibility index (Phi) is 39.4. The highest BCUT2D eigenvalue weighted by Crippen LogP contribution is 2.15. The van der Waals surface area contributed by atoms with Crippen molar-refractivity contribution < 1.29 is 23.8 Å². The monoisotopic (exact) mass is 681 g/mol. The molecule has 0 saturated carbocycles. The molecule has 0 aliphatic rings. The zero-order valence-electron chi connectivity index (χ0n) is 32.8. The van der Waals surface area contributed by atoms with Crippen LogP contribution in [0.2, 0.25) is 0 Å². The molecule has 5 nitrogen and oxygen atoms in total. The summed E-state index contributed by atoms with van der Waals surface area (Å²) in [4.78, 5) is 25.1. The molecule has 1 unspecified atom stereocenters. The first-order chi connectivity index (χ1) is 23.6. The molecule has 0 N–H and O–H groups in total. The van der Waals surface area contributed by atoms with Gasteiger partial charge in [-0.25, -0.2) is 0 Å². The molecule has 0 bridgehead atoms. The molecule has 1 atom stereocenters. The fraction of sp³-hybridized carbons (Fsp3) is 0.953. The highest BCUT2D eigenvalue weighted by Gasteiger charge is 2.17. The van der Waals surface area contributed by atoms with Crippen LogP contribution in [0.1, 0.15) is 239 Å². The van der Waals surface area contributed by atoms with Crippen LogP contribution in [0.5, 0.6) is 0 Å². The molecule has 0 aliphatic carbocycles. The molecule has 0 amide bonds. The van der Waals surface area contributed by atoms with Crippen molar-refractivity contribution in [1.82, 2.24) is 0 Å². The Balaban J connectivity index is 4.09. The van der Waals surface area contributed by atoms with E-state index in [4.69, 9.17) is 14.2 Å². The van der Waals surface area contributed by atoms with E-state index in [1.165, 1.54) is 167 Å². The van der Waals surface area contributed by atoms with E-state index in [2.05, 4.69) is 20.8 Å². The Bertz CT molecular complexity index is 651. The molecule has 0 saturated heterocycles. The predicted molar refractivity (Wildman–Crippen MR) is 206 cm³/mol. The fourth-order valence-electron chi connectivity index (χ4n) is 6.39. The van der Waals surface area contributed by atoms with Gasteiger partial charge in [-0.1, -0.05) is 207 Å². The van der Waals surface area contributed by atoms with Gasteiger partial charge in [-0.05, 0) is 19.3 Å². The summed E-state index contributed by atoms with van der Waals surface area (Å²) in [5.74, 6) is -0.384. The summed E-state index contributed by atoms with van der Waals surface area (Å²) in [6, 6.07) is 0. The minimum Gasteiger partial charge on any atom is -0.462 e. The maximum atomic E-state index is 12.6. The molecule has 0 rings (SSSR count). The number of esters is 2. The number of carbonyl (C=O) groups excluding carboxylic acids is 2. The van der Waals surface area contributed by atoms with Crippen molar-refractivity contribution in [1.29, 1.82) is 0 Å². The third kappa shape index (κ3) is 37.7. The normalized spacial score (nSPS) is 12.0. The van der Waals surface area contributed by atoms with Gasteiger partial charge in [0.05, 0.1) is 6.61 Å². The molecule has 0 spiro atoms. The molecule has 286 valence electrons. The lowest BCUT2D eigenvalue weighted by Gasteiger charge is -2.18. The van der Waals surface area contributed by atoms with Crippen LogP contribution in [-0.4, -0.2) is 37.9 Å². The van der Waals surface area contributed by atoms with Gasteiger partial charge in [0.2, 0.25) is 0 Å². The molecular weight excluding hydrogens is 596 g/mol. The zero-order valence-corrected chi connectivity index (χ0v) is 32.8. The van der Waals surface area contributed by atoms with Crippen LogP contribution in [0.4, 0.5) is 0 Å². The number of hydrogen-bond donors (Lipinski definition) is 0. The Morgan fingerprint density at radius 1 is 0.375 bits per heavy atom. The van der Waals surface area contributed by atoms with E-state index in [1.807, 2.05) is 0 Å². The maximum Gasteiger partial charge on any atom is 0.306 e. The summed E-state index contributed by atoms with van der Waals surface area (Å²) in [6.07, 6.45) is 41.0. The molecule has 0 radical (unpaired) electrons. The minimum absolute atomic E-state index is 0.0954. The second-order valence-corrected chi connectivity index (χ2v) is 14.6. The van der Waals surface area contributed by atoms with Crippen LogP contribution < -0.4 is 0 Å². The molecular formula is C43H84O5. The van der Waals surface area contributed by atoms with Crippen molar-refractivity contribution in [2.75, 3.05) is 19.8 Å². The van der Waals surface area contributed by atoms with E-state index in [-0.39, 0.29) is 18.5 Å². The van der Waals surface area contributed by atoms with Gasteiger partial charge in [-0.2, -0.15) is 0 Å². The molecule has 0 aliphatic heterocycles. The molecule has 5 heteroatoms. The van der Waals surface area contributed by atoms with Crippen LogP contribution in [0.25, 0.3) is 0 Å². The van der Waals surface area contributed by atoms with E-state index in [0.717, 1.165) is 38.5 Å². The highest BCUT2D eigenvalue weighted by molar-refractivity contribution is 5.70. The number of unbranched alkanes of at least 4 members (excludes halogenated alkanes) is 29. The van der Waals surface area contributed by atoms with Crippen molar-refractivity contribution in [3.05, 3.63) is 0 Å². The second-order valence-electron chi connectivity index (χ2n) is 14.6. The summed E-state index contributed by atoms with van der Waals surface area (Å²) in [7, 11) is 0. The number of hydrogen-bond acceptors (Lipinski definition) is 5. The van der Waals surface area contributed by atoms with E-state index >= 15 is 0 Å². The van der Waals surface area contributed by atoms with Gasteiger partial charge >= 0.3 is 11.9 Å². The van der Waals surface area contributed by atoms with E-state index in [1.54, 1.807) is 0 Å². The van der Waals surface area contributed by atoms with Gasteiger partial charge < -0.3 is 14.2 Å². The van der Waals surface area contributed by atoms with Crippen molar-refractivity contribution in [3.63, 3.8) is 0 Å². The Morgan fingerprint density at radius 2 is 0.688 bits per heavy atom. The quantitative estimate of drug-likeness (QED) is 0.0476. The molecule has 48 heavy (non-hydrogen) atoms. The van der Waals surface area contributed by atoms with Crippen LogP contribution >= 0.6 is 0 Å². The van der Waals surface area contributed by atoms with Crippen molar-refractivity contribution >= 4 is 11.9 Å². The van der Waals surface area contributed by atoms with Gasteiger partial charge in [0.1, 0.15) is 6.61 Å². The summed E-state index contributed by atoms with van der Waals surface area (Å²) >= 11 is 0. The highest BCUT2D eigenvalue weighted by atomic mass is 16.6. The van der Waals surface area contributed by atoms with E-state index in [9.17, 15) is 9.59 Å². The van der Waals surface area contributed by atoms with E-state index in [0.29, 0.717) is 26.1 Å². The fourth-order valence-corrected chi connectivity index (χ4v) is 6.39. The van der Waals surface area contributed by atoms with Crippen LogP contribution in [-0.2, 0) is 23.8 Å². The summed E-state index contributed by atoms with van der Waals surface area (Å²) < 4.78 is 17.2. The Labute approximate surface area is 300 Å². The lowest BCUT2D eigenvalue weighted by atomic mass is 10.0. The Morgan fingerprint density at radius 3 is 1.06 bits per heavy atom. The SMILES string of the molecule is CCCCCCCCCCCCCCCC(=O)OCC(COCCCCCCCC)OC(=O)CCCCCCCCCCCCCCC. The lowest BCUT2D eigenvalue weighted by molar-refractivity contribution is -0.163. The Hall–Kier alpha value is -1.10. The predicted octanol–water partition coefficient (Wildman–Crippen LogP) is 13.8. The third-order valence-electron chi connectivity index (χ3n) is 9.64. The average Bonchev–Trinajstić information content (AvgIpc) is 3.08. The number of ether oxygens (including phenoxy) is 3. The standard InChI is InChI=1S/C43H84O5/c1-4-7-10-13-16-18-20-22-24-26-28-30-33-36-42(44)47-40-41(39-46-38-35-32-15-12-9-6-3)48-43(45)37-34-31-29-27-25-23-21-19-17-14-11-8-5-2/h41H,4-40H2,1-3H3. The van der Waals surface area contributed by atoms with Crippen molar-refractivity contribution in [2.45, 2.75) is 245 Å². The van der Waals surface area contributed by atoms with Crippen LogP contribution in [0.3, 0.4) is 0 Å². The number of rotatable bonds is 40. The minimum atomic E-state index is -0.518. The summed E-state index contributed by atoms with van der Waals surface area (Å²) in [6.45, 7) is 7.83. The first kappa shape index (κ1) is 46.9. The van der Waals surface area contributed by atoms with Crippen LogP contribution in [0, 0.1) is 0 Å². The summed E-state index contributed by atoms with van der Waals surface area (Å²) in [5.41, 5.74) is 0. The van der Waals surface area contributed by atoms with Gasteiger partial charge in [-0.15, -0.1) is 0 Å². The van der Waals surface area contributed by atoms with Gasteiger partial charge in [-0.3, -0.25) is 9.59 Å². The first-order valence-corrected chi connectivity index (χ1v) is 21.6. The maximum absolute atomic E-state index is 12.6. The molecule has 0 fully saturated rings. The second kappa shape index (κ2) is 40.3. The topological polar surface area (TPSA) is 61.8 Å². The molecule has 0 aromatic rings. The smallest absolute Gasteiger partial charge is 0.306 e. The van der Waals surface area contributed by atoms with Gasteiger partial charge in [0.25, 0.3) is 0 Å². The van der Waals surface area contributed by atoms with Gasteiger partial charge in [0.15, 0.2) is 6.10 Å². The number of carbonyl (C=O) groups is 2. The third-order valence-corrected chi connectivity index (χ3v) is 9.64. The summed E-state index contributed by atoms with van der Waals surface area (Å²) in [5, 5.41) is 0. The molecule has 0 aromatic heterocycles. The molecule has 0 heterocycles. The van der Waals surface area contributed by atoms with E-state index < -0.39 is 6.10 Å². The van der Waals surface area contributed by atoms with Crippen LogP contribution in [0.15, 0.2) is 0 Å². The lowest BCUT2D eigenvalue weighted by Crippen LogP contribution is -2.30. The first-order valence-electron chi connectivity index (χ1n) is 21.6.